The molecule has 0 saturated carbocycles. The Labute approximate surface area is 175 Å². The van der Waals surface area contributed by atoms with Crippen molar-refractivity contribution in [2.75, 3.05) is 0 Å². The van der Waals surface area contributed by atoms with Crippen LogP contribution in [0.4, 0.5) is 5.69 Å². The van der Waals surface area contributed by atoms with Gasteiger partial charge in [0.25, 0.3) is 0 Å². The molecule has 7 heteroatoms. The van der Waals surface area contributed by atoms with Crippen molar-refractivity contribution in [1.82, 2.24) is 0 Å². The summed E-state index contributed by atoms with van der Waals surface area (Å²) in [7, 11) is 21.3. The molecule has 0 N–H and O–H groups in total. The van der Waals surface area contributed by atoms with Crippen LogP contribution in [0.5, 0.6) is 0 Å². The van der Waals surface area contributed by atoms with Crippen LogP contribution in [0.15, 0.2) is 12.1 Å². The fourth-order valence-corrected chi connectivity index (χ4v) is 2.53. The first-order chi connectivity index (χ1) is 10.8. The van der Waals surface area contributed by atoms with Gasteiger partial charge in [-0.3, -0.25) is 0 Å². The van der Waals surface area contributed by atoms with Crippen molar-refractivity contribution in [3.63, 3.8) is 0 Å². The van der Waals surface area contributed by atoms with E-state index in [4.69, 9.17) is 40.2 Å². The summed E-state index contributed by atoms with van der Waals surface area (Å²) < 4.78 is 4.32. The van der Waals surface area contributed by atoms with E-state index in [1.165, 1.54) is 16.7 Å². The van der Waals surface area contributed by atoms with E-state index in [2.05, 4.69) is 87.9 Å². The Bertz CT molecular complexity index is 600. The third kappa shape index (κ3) is 9.70. The summed E-state index contributed by atoms with van der Waals surface area (Å²) in [4.78, 5) is 0. The maximum Gasteiger partial charge on any atom is 0.564 e. The summed E-state index contributed by atoms with van der Waals surface area (Å²) in [5.41, 5.74) is 5.23. The second-order valence-corrected chi connectivity index (χ2v) is 22.3. The average Bonchev–Trinajstić information content (AvgIpc) is 2.31. The second-order valence-electron chi connectivity index (χ2n) is 9.26. The SMILES string of the molecule is CC(C)(C)c1cc(C(C)(C)C)c([N+]#P)c(C(C)(C)C)c1.[Cl][Al-]([Cl])([Cl])[Cl]. The molecule has 0 saturated heterocycles. The smallest absolute Gasteiger partial charge is 0.391 e. The van der Waals surface area contributed by atoms with Crippen molar-refractivity contribution in [2.45, 2.75) is 78.6 Å². The monoisotopic (exact) mass is 457 g/mol. The van der Waals surface area contributed by atoms with E-state index in [9.17, 15) is 0 Å². The van der Waals surface area contributed by atoms with E-state index in [0.29, 0.717) is 0 Å². The molecule has 25 heavy (non-hydrogen) atoms. The summed E-state index contributed by atoms with van der Waals surface area (Å²) >= 11 is 0. The Hall–Kier alpha value is 1.05. The van der Waals surface area contributed by atoms with Gasteiger partial charge in [0.05, 0.1) is 0 Å². The normalized spacial score (nSPS) is 13.0. The van der Waals surface area contributed by atoms with Crippen LogP contribution in [-0.2, 0) is 16.2 Å². The van der Waals surface area contributed by atoms with Gasteiger partial charge >= 0.3 is 136 Å². The second kappa shape index (κ2) is 9.03. The summed E-state index contributed by atoms with van der Waals surface area (Å²) in [5.74, 6) is 0. The predicted molar refractivity (Wildman–Crippen MR) is 122 cm³/mol. The Morgan fingerprint density at radius 3 is 1.16 bits per heavy atom. The van der Waals surface area contributed by atoms with Gasteiger partial charge in [0, 0.05) is 0 Å². The zero-order chi connectivity index (χ0) is 20.4. The van der Waals surface area contributed by atoms with Crippen LogP contribution >= 0.6 is 49.1 Å². The van der Waals surface area contributed by atoms with Crippen molar-refractivity contribution >= 4 is 64.2 Å². The average molecular weight is 459 g/mol. The van der Waals surface area contributed by atoms with Gasteiger partial charge in [-0.1, -0.05) is 0 Å². The molecule has 1 aromatic carbocycles. The molecule has 0 spiro atoms. The van der Waals surface area contributed by atoms with Crippen molar-refractivity contribution < 1.29 is 0 Å². The fraction of sp³-hybridized carbons (Fsp3) is 0.667. The molecule has 1 aromatic rings. The first-order valence-corrected chi connectivity index (χ1v) is 15.6. The third-order valence-corrected chi connectivity index (χ3v) is 3.89. The van der Waals surface area contributed by atoms with Crippen molar-refractivity contribution in [3.05, 3.63) is 33.4 Å². The van der Waals surface area contributed by atoms with Gasteiger partial charge in [0.15, 0.2) is 0 Å². The van der Waals surface area contributed by atoms with Crippen LogP contribution in [0.25, 0.3) is 4.59 Å². The molecule has 0 unspecified atom stereocenters. The molecule has 142 valence electrons. The van der Waals surface area contributed by atoms with Gasteiger partial charge in [-0.25, -0.2) is 0 Å². The molecule has 0 aliphatic heterocycles. The third-order valence-electron chi connectivity index (χ3n) is 3.69. The molecule has 0 fully saturated rings. The van der Waals surface area contributed by atoms with Crippen LogP contribution < -0.4 is 0 Å². The zero-order valence-corrected chi connectivity index (χ0v) is 21.7. The summed E-state index contributed by atoms with van der Waals surface area (Å²) in [6.07, 6.45) is 0. The van der Waals surface area contributed by atoms with E-state index < -0.39 is 9.39 Å². The minimum Gasteiger partial charge on any atom is -0.391 e. The first kappa shape index (κ1) is 26.1. The molecule has 0 aliphatic carbocycles. The molecule has 0 aromatic heterocycles. The summed E-state index contributed by atoms with van der Waals surface area (Å²) in [6, 6.07) is 4.62. The van der Waals surface area contributed by atoms with Crippen LogP contribution in [0, 0.1) is 0 Å². The zero-order valence-electron chi connectivity index (χ0n) is 16.6. The minimum absolute atomic E-state index is 0.0584. The standard InChI is InChI=1S/C18H29NP.Al.4ClH/c1-16(2,3)12-10-13(17(4,5)6)15(19-20)14(11-12)18(7,8)9;;;;;/h10-11H,1-9H3;;4*1H/q+1;+3;;;;/p-4. The van der Waals surface area contributed by atoms with Gasteiger partial charge < -0.3 is 40.2 Å². The van der Waals surface area contributed by atoms with Gasteiger partial charge in [0.1, 0.15) is 0 Å². The van der Waals surface area contributed by atoms with Gasteiger partial charge in [-0.05, 0) is 0 Å². The van der Waals surface area contributed by atoms with E-state index in [-0.39, 0.29) is 16.2 Å². The maximum atomic E-state index is 4.99. The molecule has 1 rings (SSSR count). The van der Waals surface area contributed by atoms with E-state index >= 15 is 0 Å². The van der Waals surface area contributed by atoms with Crippen molar-refractivity contribution in [1.29, 1.82) is 0 Å². The number of benzene rings is 1. The molecule has 1 nitrogen and oxygen atoms in total. The van der Waals surface area contributed by atoms with Gasteiger partial charge in [0.2, 0.25) is 0 Å². The molecule has 0 aliphatic rings. The molecule has 0 amide bonds. The molecular weight excluding hydrogens is 430 g/mol. The van der Waals surface area contributed by atoms with Crippen LogP contribution in [-0.4, -0.2) is 9.39 Å². The topological polar surface area (TPSA) is 4.36 Å². The van der Waals surface area contributed by atoms with Crippen LogP contribution in [0.1, 0.15) is 79.0 Å². The molecular formula is C18H29AlCl4NP. The van der Waals surface area contributed by atoms with Crippen molar-refractivity contribution in [2.24, 2.45) is 0 Å². The van der Waals surface area contributed by atoms with E-state index in [0.717, 1.165) is 5.69 Å². The number of halogens is 4. The Morgan fingerprint density at radius 1 is 0.720 bits per heavy atom. The largest absolute Gasteiger partial charge is 0.564 e. The quantitative estimate of drug-likeness (QED) is 0.269. The fourth-order valence-electron chi connectivity index (χ4n) is 2.32. The molecule has 0 radical (unpaired) electrons. The van der Waals surface area contributed by atoms with Crippen LogP contribution in [0.3, 0.4) is 0 Å². The van der Waals surface area contributed by atoms with Crippen molar-refractivity contribution in [3.8, 4) is 0 Å². The molecule has 0 atom stereocenters. The minimum atomic E-state index is -2.94. The number of hydrogen-bond acceptors (Lipinski definition) is 0. The summed E-state index contributed by atoms with van der Waals surface area (Å²) in [6.45, 7) is 20.2. The van der Waals surface area contributed by atoms with E-state index in [1.54, 1.807) is 0 Å². The van der Waals surface area contributed by atoms with E-state index in [1.807, 2.05) is 0 Å². The first-order valence-electron chi connectivity index (χ1n) is 8.20. The Morgan fingerprint density at radius 2 is 1.00 bits per heavy atom. The maximum absolute atomic E-state index is 4.99. The predicted octanol–water partition coefficient (Wildman–Crippen LogP) is 9.29. The molecule has 0 bridgehead atoms. The summed E-state index contributed by atoms with van der Waals surface area (Å²) in [5, 5.41) is 0. The number of nitrogens with zero attached hydrogens (tertiary/aromatic N) is 1. The molecule has 0 heterocycles. The van der Waals surface area contributed by atoms with Gasteiger partial charge in [-0.2, -0.15) is 0 Å². The van der Waals surface area contributed by atoms with Gasteiger partial charge in [-0.15, -0.1) is 0 Å². The Balaban J connectivity index is 0.00000101. The number of hydrogen-bond donors (Lipinski definition) is 0. The number of rotatable bonds is 0. The Kier molecular flexibility index (Phi) is 9.41. The van der Waals surface area contributed by atoms with Crippen LogP contribution in [0.2, 0.25) is 0 Å².